The van der Waals surface area contributed by atoms with E-state index in [1.54, 1.807) is 24.3 Å². The quantitative estimate of drug-likeness (QED) is 0.326. The van der Waals surface area contributed by atoms with E-state index >= 15 is 0 Å². The van der Waals surface area contributed by atoms with Gasteiger partial charge in [-0.3, -0.25) is 19.5 Å². The Morgan fingerprint density at radius 3 is 2.14 bits per heavy atom. The predicted molar refractivity (Wildman–Crippen MR) is 161 cm³/mol. The van der Waals surface area contributed by atoms with Crippen LogP contribution in [-0.2, 0) is 16.4 Å². The maximum atomic E-state index is 13.0. The molecule has 42 heavy (non-hydrogen) atoms. The number of aromatic nitrogens is 1. The number of pyridine rings is 1. The molecule has 2 saturated heterocycles. The van der Waals surface area contributed by atoms with Crippen molar-refractivity contribution in [3.05, 3.63) is 89.2 Å². The molecule has 2 aromatic carbocycles. The number of aryl methyl sites for hydroxylation is 1. The van der Waals surface area contributed by atoms with Gasteiger partial charge in [0.05, 0.1) is 4.90 Å². The molecule has 5 rings (SSSR count). The van der Waals surface area contributed by atoms with Gasteiger partial charge in [-0.15, -0.1) is 0 Å². The molecule has 3 aromatic rings. The van der Waals surface area contributed by atoms with E-state index in [9.17, 15) is 18.0 Å². The lowest BCUT2D eigenvalue weighted by Crippen LogP contribution is -2.42. The van der Waals surface area contributed by atoms with Crippen molar-refractivity contribution in [2.24, 2.45) is 5.92 Å². The molecule has 0 radical (unpaired) electrons. The molecule has 222 valence electrons. The number of sulfone groups is 1. The fraction of sp³-hybridized carbons (Fsp3) is 0.424. The number of ether oxygens (including phenoxy) is 1. The fourth-order valence-corrected chi connectivity index (χ4v) is 6.29. The lowest BCUT2D eigenvalue weighted by Gasteiger charge is -2.32. The number of benzene rings is 2. The Labute approximate surface area is 248 Å². The zero-order chi connectivity index (χ0) is 29.7. The van der Waals surface area contributed by atoms with Crippen LogP contribution in [0.3, 0.4) is 0 Å². The molecule has 1 aromatic heterocycles. The number of carbonyl (C=O) groups is 2. The first kappa shape index (κ1) is 29.9. The van der Waals surface area contributed by atoms with Gasteiger partial charge < -0.3 is 9.64 Å². The number of piperidine rings is 2. The number of ketones is 1. The number of carbonyl (C=O) groups excluding carboxylic acids is 2. The van der Waals surface area contributed by atoms with Crippen LogP contribution in [0.1, 0.15) is 64.1 Å². The largest absolute Gasteiger partial charge is 0.490 e. The highest BCUT2D eigenvalue weighted by molar-refractivity contribution is 7.90. The first-order chi connectivity index (χ1) is 20.1. The lowest BCUT2D eigenvalue weighted by molar-refractivity contribution is 0.0589. The Morgan fingerprint density at radius 2 is 1.55 bits per heavy atom. The lowest BCUT2D eigenvalue weighted by atomic mass is 9.90. The molecule has 0 unspecified atom stereocenters. The van der Waals surface area contributed by atoms with Crippen molar-refractivity contribution in [2.45, 2.75) is 56.6 Å². The Hall–Kier alpha value is -3.56. The van der Waals surface area contributed by atoms with Gasteiger partial charge in [-0.2, -0.15) is 0 Å². The highest BCUT2D eigenvalue weighted by atomic mass is 32.2. The van der Waals surface area contributed by atoms with Crippen LogP contribution in [0.15, 0.2) is 71.8 Å². The zero-order valence-electron chi connectivity index (χ0n) is 24.4. The summed E-state index contributed by atoms with van der Waals surface area (Å²) < 4.78 is 29.4. The van der Waals surface area contributed by atoms with Gasteiger partial charge in [-0.05, 0) is 80.7 Å². The molecule has 1 amide bonds. The summed E-state index contributed by atoms with van der Waals surface area (Å²) in [6.07, 6.45) is 6.71. The van der Waals surface area contributed by atoms with E-state index in [0.717, 1.165) is 56.6 Å². The molecule has 0 saturated carbocycles. The first-order valence-electron chi connectivity index (χ1n) is 14.7. The summed E-state index contributed by atoms with van der Waals surface area (Å²) in [5.41, 5.74) is 3.18. The Kier molecular flexibility index (Phi) is 9.38. The molecule has 0 aliphatic carbocycles. The van der Waals surface area contributed by atoms with E-state index in [1.807, 2.05) is 48.2 Å². The highest BCUT2D eigenvalue weighted by Crippen LogP contribution is 2.25. The second kappa shape index (κ2) is 13.2. The number of hydrogen-bond acceptors (Lipinski definition) is 7. The van der Waals surface area contributed by atoms with Crippen molar-refractivity contribution in [3.63, 3.8) is 0 Å². The minimum Gasteiger partial charge on any atom is -0.490 e. The van der Waals surface area contributed by atoms with E-state index in [2.05, 4.69) is 9.88 Å². The van der Waals surface area contributed by atoms with E-state index in [-0.39, 0.29) is 17.8 Å². The van der Waals surface area contributed by atoms with Crippen LogP contribution in [0, 0.1) is 12.8 Å². The summed E-state index contributed by atoms with van der Waals surface area (Å²) in [7, 11) is -3.19. The van der Waals surface area contributed by atoms with Crippen LogP contribution in [0.4, 0.5) is 0 Å². The van der Waals surface area contributed by atoms with Gasteiger partial charge in [0.15, 0.2) is 15.6 Å². The topological polar surface area (TPSA) is 96.9 Å². The number of rotatable bonds is 9. The molecule has 0 atom stereocenters. The Balaban J connectivity index is 1.05. The maximum absolute atomic E-state index is 13.0. The molecule has 0 bridgehead atoms. The Bertz CT molecular complexity index is 1470. The van der Waals surface area contributed by atoms with Crippen molar-refractivity contribution in [2.75, 3.05) is 32.4 Å². The molecule has 2 aliphatic heterocycles. The molecular formula is C33H39N3O5S. The number of nitrogens with zero attached hydrogens (tertiary/aromatic N) is 3. The zero-order valence-corrected chi connectivity index (χ0v) is 25.2. The molecule has 2 fully saturated rings. The fourth-order valence-electron chi connectivity index (χ4n) is 5.66. The summed E-state index contributed by atoms with van der Waals surface area (Å²) in [6.45, 7) is 5.82. The normalized spacial score (nSPS) is 17.2. The van der Waals surface area contributed by atoms with Gasteiger partial charge >= 0.3 is 0 Å². The molecule has 8 nitrogen and oxygen atoms in total. The average Bonchev–Trinajstić information content (AvgIpc) is 2.99. The van der Waals surface area contributed by atoms with Crippen LogP contribution >= 0.6 is 0 Å². The van der Waals surface area contributed by atoms with Crippen molar-refractivity contribution in [1.29, 1.82) is 0 Å². The molecule has 3 heterocycles. The van der Waals surface area contributed by atoms with Gasteiger partial charge in [0.1, 0.15) is 17.5 Å². The van der Waals surface area contributed by atoms with Crippen LogP contribution in [0.2, 0.25) is 0 Å². The van der Waals surface area contributed by atoms with E-state index in [0.29, 0.717) is 41.6 Å². The second-order valence-corrected chi connectivity index (χ2v) is 13.6. The molecule has 0 spiro atoms. The van der Waals surface area contributed by atoms with Crippen LogP contribution in [0.25, 0.3) is 0 Å². The van der Waals surface area contributed by atoms with Crippen molar-refractivity contribution in [3.8, 4) is 5.75 Å². The maximum Gasteiger partial charge on any atom is 0.272 e. The monoisotopic (exact) mass is 589 g/mol. The standard InChI is InChI=1S/C33H39N3O5S/c1-24-3-8-28(9-4-24)41-29-15-19-36(20-16-29)33(38)31-12-7-27(22-34-31)32(37)21-25-13-17-35(18-14-25)23-26-5-10-30(11-6-26)42(2,39)40/h3-12,22,25,29H,13-21,23H2,1-2H3. The van der Waals surface area contributed by atoms with Crippen LogP contribution in [-0.4, -0.2) is 73.4 Å². The van der Waals surface area contributed by atoms with Gasteiger partial charge in [-0.25, -0.2) is 8.42 Å². The molecule has 0 N–H and O–H groups in total. The minimum absolute atomic E-state index is 0.0605. The molecule has 9 heteroatoms. The van der Waals surface area contributed by atoms with Crippen LogP contribution < -0.4 is 4.74 Å². The van der Waals surface area contributed by atoms with Gasteiger partial charge in [0.25, 0.3) is 5.91 Å². The summed E-state index contributed by atoms with van der Waals surface area (Å²) in [4.78, 5) is 34.8. The van der Waals surface area contributed by atoms with Crippen molar-refractivity contribution < 1.29 is 22.7 Å². The number of hydrogen-bond donors (Lipinski definition) is 0. The number of amides is 1. The highest BCUT2D eigenvalue weighted by Gasteiger charge is 2.26. The van der Waals surface area contributed by atoms with Gasteiger partial charge in [0.2, 0.25) is 0 Å². The van der Waals surface area contributed by atoms with Gasteiger partial charge in [-0.1, -0.05) is 29.8 Å². The van der Waals surface area contributed by atoms with Crippen molar-refractivity contribution in [1.82, 2.24) is 14.8 Å². The minimum atomic E-state index is -3.19. The number of Topliss-reactive ketones (excluding diaryl/α,β-unsaturated/α-hetero) is 1. The third-order valence-corrected chi connectivity index (χ3v) is 9.42. The first-order valence-corrected chi connectivity index (χ1v) is 16.6. The van der Waals surface area contributed by atoms with E-state index < -0.39 is 9.84 Å². The van der Waals surface area contributed by atoms with E-state index in [1.165, 1.54) is 18.0 Å². The van der Waals surface area contributed by atoms with Gasteiger partial charge in [0, 0.05) is 56.9 Å². The summed E-state index contributed by atoms with van der Waals surface area (Å²) >= 11 is 0. The Morgan fingerprint density at radius 1 is 0.881 bits per heavy atom. The summed E-state index contributed by atoms with van der Waals surface area (Å²) in [5, 5.41) is 0. The predicted octanol–water partition coefficient (Wildman–Crippen LogP) is 4.96. The van der Waals surface area contributed by atoms with E-state index in [4.69, 9.17) is 4.74 Å². The van der Waals surface area contributed by atoms with Crippen molar-refractivity contribution >= 4 is 21.5 Å². The average molecular weight is 590 g/mol. The molecule has 2 aliphatic rings. The smallest absolute Gasteiger partial charge is 0.272 e. The third-order valence-electron chi connectivity index (χ3n) is 8.30. The summed E-state index contributed by atoms with van der Waals surface area (Å²) in [6, 6.07) is 18.5. The third kappa shape index (κ3) is 7.83. The number of likely N-dealkylation sites (tertiary alicyclic amines) is 2. The molecular weight excluding hydrogens is 550 g/mol. The van der Waals surface area contributed by atoms with Crippen LogP contribution in [0.5, 0.6) is 5.75 Å². The SMILES string of the molecule is Cc1ccc(OC2CCN(C(=O)c3ccc(C(=O)CC4CCN(Cc5ccc(S(C)(=O)=O)cc5)CC4)cn3)CC2)cc1. The second-order valence-electron chi connectivity index (χ2n) is 11.6. The summed E-state index contributed by atoms with van der Waals surface area (Å²) in [5.74, 6) is 1.12.